The Bertz CT molecular complexity index is 1280. The van der Waals surface area contributed by atoms with Gasteiger partial charge in [0.05, 0.1) is 10.0 Å². The summed E-state index contributed by atoms with van der Waals surface area (Å²) >= 11 is 12.1. The maximum Gasteiger partial charge on any atom is 0.246 e. The van der Waals surface area contributed by atoms with Gasteiger partial charge in [0.25, 0.3) is 0 Å². The van der Waals surface area contributed by atoms with E-state index >= 15 is 0 Å². The van der Waals surface area contributed by atoms with Crippen LogP contribution in [-0.4, -0.2) is 52.4 Å². The number of nitrogens with zero attached hydrogens (tertiary/aromatic N) is 2. The first-order valence-corrected chi connectivity index (χ1v) is 14.5. The van der Waals surface area contributed by atoms with Crippen LogP contribution in [0.4, 0.5) is 0 Å². The zero-order valence-electron chi connectivity index (χ0n) is 21.2. The van der Waals surface area contributed by atoms with Crippen molar-refractivity contribution in [1.82, 2.24) is 14.8 Å². The fraction of sp³-hybridized carbons (Fsp3) is 0.452. The minimum atomic E-state index is 0.0851. The molecule has 0 spiro atoms. The number of halogens is 2. The van der Waals surface area contributed by atoms with Crippen molar-refractivity contribution in [1.29, 1.82) is 0 Å². The monoisotopic (exact) mass is 535 g/mol. The number of hydrogen-bond donors (Lipinski definition) is 1. The van der Waals surface area contributed by atoms with E-state index in [1.54, 1.807) is 18.2 Å². The Morgan fingerprint density at radius 3 is 2.49 bits per heavy atom. The number of carbonyl (C=O) groups is 1. The van der Waals surface area contributed by atoms with E-state index in [9.17, 15) is 4.79 Å². The first-order chi connectivity index (χ1) is 18.0. The van der Waals surface area contributed by atoms with Gasteiger partial charge in [-0.15, -0.1) is 0 Å². The number of H-pyrrole nitrogens is 1. The highest BCUT2D eigenvalue weighted by molar-refractivity contribution is 6.42. The summed E-state index contributed by atoms with van der Waals surface area (Å²) in [7, 11) is 0. The molecule has 6 rings (SSSR count). The van der Waals surface area contributed by atoms with E-state index in [0.717, 1.165) is 43.6 Å². The van der Waals surface area contributed by atoms with Crippen LogP contribution in [0, 0.1) is 5.92 Å². The number of amides is 1. The number of rotatable bonds is 6. The van der Waals surface area contributed by atoms with Crippen LogP contribution in [0.25, 0.3) is 17.0 Å². The van der Waals surface area contributed by atoms with Gasteiger partial charge in [-0.25, -0.2) is 0 Å². The number of aromatic nitrogens is 1. The molecule has 3 aliphatic heterocycles. The molecule has 3 fully saturated rings. The van der Waals surface area contributed by atoms with Gasteiger partial charge in [0.1, 0.15) is 0 Å². The molecule has 194 valence electrons. The van der Waals surface area contributed by atoms with Crippen molar-refractivity contribution < 1.29 is 4.79 Å². The number of para-hydroxylation sites is 1. The molecule has 3 aliphatic rings. The second kappa shape index (κ2) is 10.8. The summed E-state index contributed by atoms with van der Waals surface area (Å²) in [4.78, 5) is 21.0. The Morgan fingerprint density at radius 1 is 0.973 bits per heavy atom. The Kier molecular flexibility index (Phi) is 7.34. The number of fused-ring (bicyclic) bond motifs is 3. The van der Waals surface area contributed by atoms with Crippen LogP contribution in [0.3, 0.4) is 0 Å². The lowest BCUT2D eigenvalue weighted by Crippen LogP contribution is -2.44. The molecule has 1 aromatic heterocycles. The minimum Gasteiger partial charge on any atom is -0.361 e. The molecule has 2 atom stereocenters. The van der Waals surface area contributed by atoms with E-state index in [0.29, 0.717) is 21.9 Å². The first-order valence-electron chi connectivity index (χ1n) is 13.8. The van der Waals surface area contributed by atoms with Crippen molar-refractivity contribution in [2.24, 2.45) is 5.92 Å². The van der Waals surface area contributed by atoms with Gasteiger partial charge >= 0.3 is 0 Å². The lowest BCUT2D eigenvalue weighted by atomic mass is 9.84. The predicted octanol–water partition coefficient (Wildman–Crippen LogP) is 7.53. The quantitative estimate of drug-likeness (QED) is 0.331. The standard InChI is InChI=1S/C31H35Cl2N3O/c32-28-9-5-22(17-29(28)33)6-10-31(37)35-14-11-21(12-15-35)13-16-36-24-7-8-25(36)19-23(18-24)27-20-34-30-4-2-1-3-26(27)30/h1-6,9-10,17,20-21,23-25,34H,7-8,11-16,18-19H2/b10-6+. The van der Waals surface area contributed by atoms with Crippen LogP contribution in [-0.2, 0) is 4.79 Å². The van der Waals surface area contributed by atoms with Crippen molar-refractivity contribution >= 4 is 46.1 Å². The van der Waals surface area contributed by atoms with Crippen LogP contribution in [0.15, 0.2) is 54.7 Å². The van der Waals surface area contributed by atoms with Crippen molar-refractivity contribution in [3.8, 4) is 0 Å². The number of nitrogens with one attached hydrogen (secondary N) is 1. The summed E-state index contributed by atoms with van der Waals surface area (Å²) in [5.74, 6) is 1.48. The van der Waals surface area contributed by atoms with Crippen molar-refractivity contribution in [2.75, 3.05) is 19.6 Å². The highest BCUT2D eigenvalue weighted by atomic mass is 35.5. The van der Waals surface area contributed by atoms with Crippen LogP contribution in [0.1, 0.15) is 62.0 Å². The molecule has 1 N–H and O–H groups in total. The van der Waals surface area contributed by atoms with Crippen molar-refractivity contribution in [2.45, 2.75) is 62.9 Å². The highest BCUT2D eigenvalue weighted by Crippen LogP contribution is 2.45. The van der Waals surface area contributed by atoms with Gasteiger partial charge in [-0.05, 0) is 98.7 Å². The summed E-state index contributed by atoms with van der Waals surface area (Å²) in [6, 6.07) is 15.6. The second-order valence-corrected chi connectivity index (χ2v) is 12.0. The molecule has 4 nitrogen and oxygen atoms in total. The van der Waals surface area contributed by atoms with Gasteiger partial charge in [0, 0.05) is 48.3 Å². The van der Waals surface area contributed by atoms with E-state index in [1.165, 1.54) is 55.1 Å². The Hall–Kier alpha value is -2.27. The molecule has 0 saturated carbocycles. The van der Waals surface area contributed by atoms with Gasteiger partial charge in [-0.2, -0.15) is 0 Å². The largest absolute Gasteiger partial charge is 0.361 e. The molecule has 0 aliphatic carbocycles. The highest BCUT2D eigenvalue weighted by Gasteiger charge is 2.41. The van der Waals surface area contributed by atoms with Crippen LogP contribution >= 0.6 is 23.2 Å². The van der Waals surface area contributed by atoms with E-state index < -0.39 is 0 Å². The molecule has 3 saturated heterocycles. The number of benzene rings is 2. The molecular formula is C31H35Cl2N3O. The number of hydrogen-bond acceptors (Lipinski definition) is 2. The molecule has 0 radical (unpaired) electrons. The van der Waals surface area contributed by atoms with Gasteiger partial charge in [-0.1, -0.05) is 47.5 Å². The first kappa shape index (κ1) is 25.0. The molecule has 2 unspecified atom stereocenters. The lowest BCUT2D eigenvalue weighted by molar-refractivity contribution is -0.127. The molecule has 6 heteroatoms. The number of carbonyl (C=O) groups excluding carboxylic acids is 1. The number of aromatic amines is 1. The minimum absolute atomic E-state index is 0.0851. The Labute approximate surface area is 229 Å². The van der Waals surface area contributed by atoms with E-state index in [4.69, 9.17) is 23.2 Å². The van der Waals surface area contributed by atoms with Gasteiger partial charge in [0.15, 0.2) is 0 Å². The number of likely N-dealkylation sites (tertiary alicyclic amines) is 1. The van der Waals surface area contributed by atoms with Crippen molar-refractivity contribution in [3.63, 3.8) is 0 Å². The summed E-state index contributed by atoms with van der Waals surface area (Å²) in [6.45, 7) is 2.92. The van der Waals surface area contributed by atoms with E-state index in [-0.39, 0.29) is 5.91 Å². The third kappa shape index (κ3) is 5.34. The van der Waals surface area contributed by atoms with Crippen molar-refractivity contribution in [3.05, 3.63) is 75.9 Å². The lowest BCUT2D eigenvalue weighted by Gasteiger charge is -2.40. The Balaban J connectivity index is 0.980. The van der Waals surface area contributed by atoms with Gasteiger partial charge in [0.2, 0.25) is 5.91 Å². The van der Waals surface area contributed by atoms with Gasteiger partial charge < -0.3 is 9.88 Å². The number of piperidine rings is 2. The molecule has 2 aromatic carbocycles. The SMILES string of the molecule is O=C(/C=C/c1ccc(Cl)c(Cl)c1)N1CCC(CCN2C3CCC2CC(c2c[nH]c4ccccc24)C3)CC1. The van der Waals surface area contributed by atoms with Gasteiger partial charge in [-0.3, -0.25) is 9.69 Å². The van der Waals surface area contributed by atoms with E-state index in [2.05, 4.69) is 40.3 Å². The Morgan fingerprint density at radius 2 is 1.73 bits per heavy atom. The zero-order valence-corrected chi connectivity index (χ0v) is 22.7. The normalized spacial score (nSPS) is 24.9. The average molecular weight is 537 g/mol. The molecule has 1 amide bonds. The van der Waals surface area contributed by atoms with Crippen LogP contribution in [0.5, 0.6) is 0 Å². The second-order valence-electron chi connectivity index (χ2n) is 11.1. The zero-order chi connectivity index (χ0) is 25.4. The fourth-order valence-electron chi connectivity index (χ4n) is 6.99. The van der Waals surface area contributed by atoms with Crippen LogP contribution in [0.2, 0.25) is 10.0 Å². The third-order valence-electron chi connectivity index (χ3n) is 9.03. The summed E-state index contributed by atoms with van der Waals surface area (Å²) < 4.78 is 0. The topological polar surface area (TPSA) is 39.3 Å². The summed E-state index contributed by atoms with van der Waals surface area (Å²) in [6.07, 6.45) is 14.5. The summed E-state index contributed by atoms with van der Waals surface area (Å²) in [5.41, 5.74) is 3.68. The third-order valence-corrected chi connectivity index (χ3v) is 9.77. The predicted molar refractivity (Wildman–Crippen MR) is 153 cm³/mol. The van der Waals surface area contributed by atoms with E-state index in [1.807, 2.05) is 17.0 Å². The molecule has 2 bridgehead atoms. The molecule has 37 heavy (non-hydrogen) atoms. The molecular weight excluding hydrogens is 501 g/mol. The molecule has 4 heterocycles. The maximum absolute atomic E-state index is 12.7. The summed E-state index contributed by atoms with van der Waals surface area (Å²) in [5, 5.41) is 2.44. The maximum atomic E-state index is 12.7. The fourth-order valence-corrected chi connectivity index (χ4v) is 7.29. The smallest absolute Gasteiger partial charge is 0.246 e. The average Bonchev–Trinajstić information content (AvgIpc) is 3.45. The molecule has 3 aromatic rings. The van der Waals surface area contributed by atoms with Crippen LogP contribution < -0.4 is 0 Å².